The topological polar surface area (TPSA) is 105 Å². The van der Waals surface area contributed by atoms with Crippen LogP contribution < -0.4 is 15.8 Å². The minimum atomic E-state index is -0.655. The predicted octanol–water partition coefficient (Wildman–Crippen LogP) is 3.61. The van der Waals surface area contributed by atoms with Crippen molar-refractivity contribution in [1.29, 1.82) is 0 Å². The van der Waals surface area contributed by atoms with Crippen molar-refractivity contribution >= 4 is 25.0 Å². The van der Waals surface area contributed by atoms with Gasteiger partial charge in [-0.05, 0) is 50.4 Å². The first-order chi connectivity index (χ1) is 15.1. The Kier molecular flexibility index (Phi) is 7.11. The van der Waals surface area contributed by atoms with E-state index in [0.717, 1.165) is 11.1 Å². The van der Waals surface area contributed by atoms with E-state index in [9.17, 15) is 4.79 Å². The average molecular weight is 439 g/mol. The molecule has 0 radical (unpaired) electrons. The van der Waals surface area contributed by atoms with Gasteiger partial charge in [0.05, 0.1) is 24.0 Å². The summed E-state index contributed by atoms with van der Waals surface area (Å²) >= 11 is 0. The molecule has 0 atom stereocenters. The van der Waals surface area contributed by atoms with E-state index in [2.05, 4.69) is 10.3 Å². The van der Waals surface area contributed by atoms with Crippen LogP contribution in [-0.2, 0) is 20.7 Å². The SMILES string of the molecule is COc1ncc(C=C(CNC(=O)OCc2ccccc2)B2OC(C)(C)C(C)(C)O2)cc1N. The summed E-state index contributed by atoms with van der Waals surface area (Å²) in [6, 6.07) is 11.2. The van der Waals surface area contributed by atoms with Crippen molar-refractivity contribution in [3.63, 3.8) is 0 Å². The van der Waals surface area contributed by atoms with Crippen LogP contribution in [0.4, 0.5) is 10.5 Å². The van der Waals surface area contributed by atoms with Gasteiger partial charge in [-0.15, -0.1) is 0 Å². The quantitative estimate of drug-likeness (QED) is 0.635. The van der Waals surface area contributed by atoms with Crippen LogP contribution in [-0.4, -0.2) is 43.1 Å². The number of alkyl carbamates (subject to hydrolysis) is 1. The third-order valence-corrected chi connectivity index (χ3v) is 5.65. The molecule has 2 aromatic rings. The van der Waals surface area contributed by atoms with E-state index >= 15 is 0 Å². The Hall–Kier alpha value is -3.04. The summed E-state index contributed by atoms with van der Waals surface area (Å²) in [5.41, 5.74) is 7.69. The summed E-state index contributed by atoms with van der Waals surface area (Å²) in [6.45, 7) is 8.23. The molecule has 0 spiro atoms. The molecule has 1 aliphatic heterocycles. The molecule has 1 aromatic heterocycles. The first-order valence-corrected chi connectivity index (χ1v) is 10.4. The number of ether oxygens (including phenoxy) is 2. The number of anilines is 1. The Morgan fingerprint density at radius 1 is 1.19 bits per heavy atom. The number of hydrogen-bond acceptors (Lipinski definition) is 7. The average Bonchev–Trinajstić information content (AvgIpc) is 2.97. The van der Waals surface area contributed by atoms with Crippen LogP contribution in [0.5, 0.6) is 5.88 Å². The zero-order valence-corrected chi connectivity index (χ0v) is 19.2. The third-order valence-electron chi connectivity index (χ3n) is 5.65. The van der Waals surface area contributed by atoms with Gasteiger partial charge in [0.2, 0.25) is 5.88 Å². The van der Waals surface area contributed by atoms with Crippen LogP contribution in [0, 0.1) is 0 Å². The molecule has 0 bridgehead atoms. The van der Waals surface area contributed by atoms with E-state index < -0.39 is 24.4 Å². The van der Waals surface area contributed by atoms with E-state index in [4.69, 9.17) is 24.5 Å². The molecule has 0 aliphatic carbocycles. The first kappa shape index (κ1) is 23.6. The summed E-state index contributed by atoms with van der Waals surface area (Å²) in [6.07, 6.45) is 2.93. The summed E-state index contributed by atoms with van der Waals surface area (Å²) in [5, 5.41) is 2.78. The minimum absolute atomic E-state index is 0.163. The number of benzene rings is 1. The summed E-state index contributed by atoms with van der Waals surface area (Å²) in [7, 11) is 0.854. The molecule has 170 valence electrons. The lowest BCUT2D eigenvalue weighted by molar-refractivity contribution is 0.00578. The van der Waals surface area contributed by atoms with Gasteiger partial charge >= 0.3 is 13.2 Å². The summed E-state index contributed by atoms with van der Waals surface area (Å²) in [5.74, 6) is 0.349. The maximum absolute atomic E-state index is 12.3. The third kappa shape index (κ3) is 5.60. The molecule has 32 heavy (non-hydrogen) atoms. The van der Waals surface area contributed by atoms with Crippen molar-refractivity contribution in [2.45, 2.75) is 45.5 Å². The van der Waals surface area contributed by atoms with E-state index in [1.807, 2.05) is 64.1 Å². The largest absolute Gasteiger partial charge is 0.492 e. The van der Waals surface area contributed by atoms with Crippen molar-refractivity contribution < 1.29 is 23.6 Å². The highest BCUT2D eigenvalue weighted by Gasteiger charge is 2.52. The van der Waals surface area contributed by atoms with Crippen molar-refractivity contribution in [3.8, 4) is 5.88 Å². The first-order valence-electron chi connectivity index (χ1n) is 10.4. The van der Waals surface area contributed by atoms with Gasteiger partial charge in [0.15, 0.2) is 0 Å². The van der Waals surface area contributed by atoms with Crippen molar-refractivity contribution in [2.24, 2.45) is 0 Å². The number of carbonyl (C=O) groups is 1. The van der Waals surface area contributed by atoms with Gasteiger partial charge in [-0.2, -0.15) is 0 Å². The number of rotatable bonds is 7. The van der Waals surface area contributed by atoms with E-state index in [0.29, 0.717) is 17.0 Å². The molecule has 1 saturated heterocycles. The number of aromatic nitrogens is 1. The molecule has 1 aromatic carbocycles. The van der Waals surface area contributed by atoms with Crippen LogP contribution in [0.25, 0.3) is 6.08 Å². The lowest BCUT2D eigenvalue weighted by Gasteiger charge is -2.32. The van der Waals surface area contributed by atoms with E-state index in [1.54, 1.807) is 12.3 Å². The molecular formula is C23H30BN3O5. The van der Waals surface area contributed by atoms with Crippen LogP contribution in [0.15, 0.2) is 48.1 Å². The van der Waals surface area contributed by atoms with Crippen LogP contribution in [0.3, 0.4) is 0 Å². The van der Waals surface area contributed by atoms with Gasteiger partial charge in [0.25, 0.3) is 0 Å². The molecule has 1 aliphatic rings. The van der Waals surface area contributed by atoms with Crippen molar-refractivity contribution in [2.75, 3.05) is 19.4 Å². The molecule has 3 rings (SSSR count). The fourth-order valence-electron chi connectivity index (χ4n) is 3.10. The second kappa shape index (κ2) is 9.62. The molecule has 9 heteroatoms. The number of amides is 1. The molecule has 1 fully saturated rings. The normalized spacial score (nSPS) is 17.2. The molecular weight excluding hydrogens is 409 g/mol. The second-order valence-electron chi connectivity index (χ2n) is 8.59. The monoisotopic (exact) mass is 439 g/mol. The van der Waals surface area contributed by atoms with Crippen LogP contribution in [0.2, 0.25) is 0 Å². The van der Waals surface area contributed by atoms with Gasteiger partial charge in [-0.25, -0.2) is 9.78 Å². The highest BCUT2D eigenvalue weighted by molar-refractivity contribution is 6.56. The number of nitrogen functional groups attached to an aromatic ring is 1. The lowest BCUT2D eigenvalue weighted by atomic mass is 9.77. The summed E-state index contributed by atoms with van der Waals surface area (Å²) < 4.78 is 22.8. The number of carbonyl (C=O) groups excluding carboxylic acids is 1. The molecule has 1 amide bonds. The van der Waals surface area contributed by atoms with Crippen molar-refractivity contribution in [3.05, 3.63) is 59.2 Å². The zero-order valence-electron chi connectivity index (χ0n) is 19.2. The van der Waals surface area contributed by atoms with Gasteiger partial charge in [0, 0.05) is 12.7 Å². The molecule has 3 N–H and O–H groups in total. The number of nitrogens with zero attached hydrogens (tertiary/aromatic N) is 1. The summed E-state index contributed by atoms with van der Waals surface area (Å²) in [4.78, 5) is 16.5. The Morgan fingerprint density at radius 2 is 1.84 bits per heavy atom. The van der Waals surface area contributed by atoms with Gasteiger partial charge in [-0.3, -0.25) is 0 Å². The number of nitrogens with two attached hydrogens (primary N) is 1. The number of pyridine rings is 1. The molecule has 0 unspecified atom stereocenters. The number of methoxy groups -OCH3 is 1. The standard InChI is InChI=1S/C23H30BN3O5/c1-22(2)23(3,4)32-24(31-22)18(11-17-12-19(25)20(29-5)26-13-17)14-27-21(28)30-15-16-9-7-6-8-10-16/h6-13H,14-15,25H2,1-5H3,(H,27,28). The predicted molar refractivity (Wildman–Crippen MR) is 124 cm³/mol. The Balaban J connectivity index is 1.75. The fraction of sp³-hybridized carbons (Fsp3) is 0.391. The molecule has 2 heterocycles. The smallest absolute Gasteiger partial charge is 0.480 e. The number of nitrogens with one attached hydrogen (secondary N) is 1. The van der Waals surface area contributed by atoms with Crippen molar-refractivity contribution in [1.82, 2.24) is 10.3 Å². The van der Waals surface area contributed by atoms with Gasteiger partial charge < -0.3 is 29.8 Å². The maximum Gasteiger partial charge on any atom is 0.492 e. The van der Waals surface area contributed by atoms with Crippen LogP contribution in [0.1, 0.15) is 38.8 Å². The Morgan fingerprint density at radius 3 is 2.44 bits per heavy atom. The van der Waals surface area contributed by atoms with Gasteiger partial charge in [-0.1, -0.05) is 36.4 Å². The minimum Gasteiger partial charge on any atom is -0.480 e. The Labute approximate surface area is 189 Å². The zero-order chi connectivity index (χ0) is 23.4. The highest BCUT2D eigenvalue weighted by Crippen LogP contribution is 2.38. The van der Waals surface area contributed by atoms with E-state index in [-0.39, 0.29) is 13.2 Å². The van der Waals surface area contributed by atoms with Gasteiger partial charge in [0.1, 0.15) is 6.61 Å². The maximum atomic E-state index is 12.3. The Bertz CT molecular complexity index is 963. The molecule has 0 saturated carbocycles. The van der Waals surface area contributed by atoms with Crippen LogP contribution >= 0.6 is 0 Å². The highest BCUT2D eigenvalue weighted by atomic mass is 16.7. The lowest BCUT2D eigenvalue weighted by Crippen LogP contribution is -2.41. The molecule has 8 nitrogen and oxygen atoms in total. The second-order valence-corrected chi connectivity index (χ2v) is 8.59. The fourth-order valence-corrected chi connectivity index (χ4v) is 3.10. The van der Waals surface area contributed by atoms with E-state index in [1.165, 1.54) is 7.11 Å². The number of hydrogen-bond donors (Lipinski definition) is 2.